The van der Waals surface area contributed by atoms with Crippen molar-refractivity contribution in [2.45, 2.75) is 64.8 Å². The van der Waals surface area contributed by atoms with Crippen molar-refractivity contribution in [3.05, 3.63) is 29.3 Å². The third-order valence-electron chi connectivity index (χ3n) is 4.41. The van der Waals surface area contributed by atoms with Crippen LogP contribution in [0.3, 0.4) is 0 Å². The molecule has 2 rings (SSSR count). The second kappa shape index (κ2) is 7.97. The standard InChI is InChI=1S/C18H26N2O2/c1-13-10-11-16(12-14(13)2)20-18(22)17(21)19-15-8-6-4-3-5-7-9-15/h10-12,15H,3-9H2,1-2H3,(H,19,21)(H,20,22). The SMILES string of the molecule is Cc1ccc(NC(=O)C(=O)NC2CCCCCCC2)cc1C. The van der Waals surface area contributed by atoms with E-state index in [4.69, 9.17) is 0 Å². The number of aryl methyl sites for hydroxylation is 2. The fraction of sp³-hybridized carbons (Fsp3) is 0.556. The van der Waals surface area contributed by atoms with Crippen LogP contribution in [0.5, 0.6) is 0 Å². The van der Waals surface area contributed by atoms with Gasteiger partial charge in [-0.05, 0) is 49.9 Å². The van der Waals surface area contributed by atoms with Crippen LogP contribution >= 0.6 is 0 Å². The number of carbonyl (C=O) groups is 2. The number of anilines is 1. The number of hydrogen-bond donors (Lipinski definition) is 2. The maximum Gasteiger partial charge on any atom is 0.313 e. The molecular formula is C18H26N2O2. The van der Waals surface area contributed by atoms with Gasteiger partial charge >= 0.3 is 11.8 Å². The first kappa shape index (κ1) is 16.5. The summed E-state index contributed by atoms with van der Waals surface area (Å²) >= 11 is 0. The topological polar surface area (TPSA) is 58.2 Å². The van der Waals surface area contributed by atoms with Crippen LogP contribution in [0.1, 0.15) is 56.1 Å². The number of benzene rings is 1. The Morgan fingerprint density at radius 1 is 0.909 bits per heavy atom. The van der Waals surface area contributed by atoms with Crippen LogP contribution in [0.15, 0.2) is 18.2 Å². The first-order valence-electron chi connectivity index (χ1n) is 8.25. The van der Waals surface area contributed by atoms with Crippen molar-refractivity contribution in [2.75, 3.05) is 5.32 Å². The number of carbonyl (C=O) groups excluding carboxylic acids is 2. The van der Waals surface area contributed by atoms with Gasteiger partial charge < -0.3 is 10.6 Å². The number of nitrogens with one attached hydrogen (secondary N) is 2. The van der Waals surface area contributed by atoms with E-state index in [1.165, 1.54) is 19.3 Å². The third-order valence-corrected chi connectivity index (χ3v) is 4.41. The molecule has 1 saturated carbocycles. The zero-order valence-electron chi connectivity index (χ0n) is 13.6. The quantitative estimate of drug-likeness (QED) is 0.822. The highest BCUT2D eigenvalue weighted by Crippen LogP contribution is 2.17. The summed E-state index contributed by atoms with van der Waals surface area (Å²) in [5.74, 6) is -1.10. The third kappa shape index (κ3) is 4.86. The van der Waals surface area contributed by atoms with Crippen molar-refractivity contribution in [1.29, 1.82) is 0 Å². The molecule has 0 heterocycles. The Hall–Kier alpha value is -1.84. The number of amides is 2. The highest BCUT2D eigenvalue weighted by Gasteiger charge is 2.19. The first-order chi connectivity index (χ1) is 10.6. The van der Waals surface area contributed by atoms with Crippen LogP contribution in [-0.4, -0.2) is 17.9 Å². The van der Waals surface area contributed by atoms with E-state index in [-0.39, 0.29) is 6.04 Å². The van der Waals surface area contributed by atoms with Gasteiger partial charge in [0.2, 0.25) is 0 Å². The number of hydrogen-bond acceptors (Lipinski definition) is 2. The van der Waals surface area contributed by atoms with Gasteiger partial charge in [-0.2, -0.15) is 0 Å². The molecule has 1 fully saturated rings. The molecule has 0 unspecified atom stereocenters. The van der Waals surface area contributed by atoms with Gasteiger partial charge in [0.05, 0.1) is 0 Å². The van der Waals surface area contributed by atoms with E-state index < -0.39 is 11.8 Å². The minimum Gasteiger partial charge on any atom is -0.345 e. The summed E-state index contributed by atoms with van der Waals surface area (Å²) < 4.78 is 0. The van der Waals surface area contributed by atoms with Gasteiger partial charge in [-0.3, -0.25) is 9.59 Å². The van der Waals surface area contributed by atoms with Gasteiger partial charge in [-0.15, -0.1) is 0 Å². The van der Waals surface area contributed by atoms with Crippen LogP contribution in [0, 0.1) is 13.8 Å². The van der Waals surface area contributed by atoms with Gasteiger partial charge in [-0.1, -0.05) is 38.2 Å². The molecule has 0 atom stereocenters. The van der Waals surface area contributed by atoms with E-state index in [0.29, 0.717) is 5.69 Å². The van der Waals surface area contributed by atoms with E-state index >= 15 is 0 Å². The van der Waals surface area contributed by atoms with Gasteiger partial charge in [-0.25, -0.2) is 0 Å². The lowest BCUT2D eigenvalue weighted by atomic mass is 9.97. The summed E-state index contributed by atoms with van der Waals surface area (Å²) in [6.45, 7) is 4.00. The van der Waals surface area contributed by atoms with Crippen molar-refractivity contribution >= 4 is 17.5 Å². The lowest BCUT2D eigenvalue weighted by molar-refractivity contribution is -0.136. The van der Waals surface area contributed by atoms with Crippen molar-refractivity contribution in [3.8, 4) is 0 Å². The monoisotopic (exact) mass is 302 g/mol. The van der Waals surface area contributed by atoms with E-state index in [2.05, 4.69) is 10.6 Å². The van der Waals surface area contributed by atoms with Crippen molar-refractivity contribution in [1.82, 2.24) is 5.32 Å². The summed E-state index contributed by atoms with van der Waals surface area (Å²) in [7, 11) is 0. The highest BCUT2D eigenvalue weighted by molar-refractivity contribution is 6.39. The molecule has 1 aliphatic rings. The van der Waals surface area contributed by atoms with Gasteiger partial charge in [0.1, 0.15) is 0 Å². The predicted octanol–water partition coefficient (Wildman–Crippen LogP) is 3.47. The van der Waals surface area contributed by atoms with Gasteiger partial charge in [0.25, 0.3) is 0 Å². The molecular weight excluding hydrogens is 276 g/mol. The van der Waals surface area contributed by atoms with Crippen LogP contribution < -0.4 is 10.6 Å². The smallest absolute Gasteiger partial charge is 0.313 e. The van der Waals surface area contributed by atoms with E-state index in [9.17, 15) is 9.59 Å². The maximum atomic E-state index is 12.0. The van der Waals surface area contributed by atoms with E-state index in [1.807, 2.05) is 32.0 Å². The summed E-state index contributed by atoms with van der Waals surface area (Å²) in [5.41, 5.74) is 2.93. The van der Waals surface area contributed by atoms with Crippen molar-refractivity contribution in [3.63, 3.8) is 0 Å². The lowest BCUT2D eigenvalue weighted by Crippen LogP contribution is -2.42. The molecule has 0 aliphatic heterocycles. The minimum absolute atomic E-state index is 0.137. The molecule has 1 aromatic carbocycles. The minimum atomic E-state index is -0.578. The number of rotatable bonds is 2. The Morgan fingerprint density at radius 2 is 1.55 bits per heavy atom. The molecule has 4 nitrogen and oxygen atoms in total. The summed E-state index contributed by atoms with van der Waals surface area (Å²) in [5, 5.41) is 5.56. The molecule has 0 aromatic heterocycles. The lowest BCUT2D eigenvalue weighted by Gasteiger charge is -2.20. The summed E-state index contributed by atoms with van der Waals surface area (Å²) in [6, 6.07) is 5.79. The van der Waals surface area contributed by atoms with Gasteiger partial charge in [0, 0.05) is 11.7 Å². The molecule has 1 aliphatic carbocycles. The average Bonchev–Trinajstić information content (AvgIpc) is 2.45. The zero-order valence-corrected chi connectivity index (χ0v) is 13.6. The molecule has 0 radical (unpaired) electrons. The molecule has 22 heavy (non-hydrogen) atoms. The Bertz CT molecular complexity index is 532. The second-order valence-corrected chi connectivity index (χ2v) is 6.27. The fourth-order valence-electron chi connectivity index (χ4n) is 2.86. The Balaban J connectivity index is 1.88. The molecule has 2 N–H and O–H groups in total. The molecule has 1 aromatic rings. The Labute approximate surface area is 132 Å². The normalized spacial score (nSPS) is 16.5. The summed E-state index contributed by atoms with van der Waals surface area (Å²) in [4.78, 5) is 24.1. The average molecular weight is 302 g/mol. The molecule has 120 valence electrons. The van der Waals surface area contributed by atoms with Crippen molar-refractivity contribution < 1.29 is 9.59 Å². The van der Waals surface area contributed by atoms with Crippen LogP contribution in [0.4, 0.5) is 5.69 Å². The van der Waals surface area contributed by atoms with Crippen LogP contribution in [0.2, 0.25) is 0 Å². The van der Waals surface area contributed by atoms with Crippen LogP contribution in [-0.2, 0) is 9.59 Å². The molecule has 0 saturated heterocycles. The van der Waals surface area contributed by atoms with E-state index in [1.54, 1.807) is 0 Å². The molecule has 4 heteroatoms. The van der Waals surface area contributed by atoms with Crippen LogP contribution in [0.25, 0.3) is 0 Å². The molecule has 2 amide bonds. The van der Waals surface area contributed by atoms with E-state index in [0.717, 1.165) is 36.8 Å². The molecule has 0 spiro atoms. The van der Waals surface area contributed by atoms with Gasteiger partial charge in [0.15, 0.2) is 0 Å². The zero-order chi connectivity index (χ0) is 15.9. The Kier molecular flexibility index (Phi) is 5.99. The maximum absolute atomic E-state index is 12.0. The first-order valence-corrected chi connectivity index (χ1v) is 8.25. The fourth-order valence-corrected chi connectivity index (χ4v) is 2.86. The predicted molar refractivity (Wildman–Crippen MR) is 88.8 cm³/mol. The Morgan fingerprint density at radius 3 is 2.18 bits per heavy atom. The van der Waals surface area contributed by atoms with Crippen molar-refractivity contribution in [2.24, 2.45) is 0 Å². The molecule has 0 bridgehead atoms. The summed E-state index contributed by atoms with van der Waals surface area (Å²) in [6.07, 6.45) is 7.94. The second-order valence-electron chi connectivity index (χ2n) is 6.27. The highest BCUT2D eigenvalue weighted by atomic mass is 16.2. The largest absolute Gasteiger partial charge is 0.345 e.